The van der Waals surface area contributed by atoms with Crippen LogP contribution in [0.25, 0.3) is 0 Å². The fourth-order valence-electron chi connectivity index (χ4n) is 4.65. The van der Waals surface area contributed by atoms with Crippen molar-refractivity contribution in [1.29, 1.82) is 0 Å². The maximum absolute atomic E-state index is 12.9. The number of urea groups is 1. The molecule has 2 aromatic rings. The minimum absolute atomic E-state index is 0.00146. The number of carbonyl (C=O) groups is 2. The van der Waals surface area contributed by atoms with Crippen LogP contribution in [0.2, 0.25) is 0 Å². The molecule has 1 saturated heterocycles. The molecule has 1 aliphatic heterocycles. The normalized spacial score (nSPS) is 23.1. The zero-order chi connectivity index (χ0) is 24.7. The van der Waals surface area contributed by atoms with E-state index in [4.69, 9.17) is 5.10 Å². The highest BCUT2D eigenvalue weighted by Gasteiger charge is 2.39. The summed E-state index contributed by atoms with van der Waals surface area (Å²) < 4.78 is 1.69. The van der Waals surface area contributed by atoms with Crippen molar-refractivity contribution in [3.63, 3.8) is 0 Å². The fraction of sp³-hybridized carbons (Fsp3) is 0.577. The van der Waals surface area contributed by atoms with E-state index in [1.165, 1.54) is 5.56 Å². The van der Waals surface area contributed by atoms with E-state index in [0.717, 1.165) is 31.4 Å². The van der Waals surface area contributed by atoms with Crippen LogP contribution < -0.4 is 21.3 Å². The molecule has 1 aliphatic carbocycles. The molecule has 0 spiro atoms. The summed E-state index contributed by atoms with van der Waals surface area (Å²) in [5.41, 5.74) is 2.57. The largest absolute Gasteiger partial charge is 0.324 e. The first kappa shape index (κ1) is 24.3. The Morgan fingerprint density at radius 3 is 2.32 bits per heavy atom. The molecule has 0 bridgehead atoms. The Hall–Kier alpha value is -2.87. The van der Waals surface area contributed by atoms with E-state index >= 15 is 0 Å². The number of nitrogens with one attached hydrogen (secondary N) is 4. The summed E-state index contributed by atoms with van der Waals surface area (Å²) in [6.07, 6.45) is 3.56. The number of nitrogens with zero attached hydrogens (tertiary/aromatic N) is 2. The van der Waals surface area contributed by atoms with E-state index in [2.05, 4.69) is 62.8 Å². The highest BCUT2D eigenvalue weighted by Crippen LogP contribution is 2.31. The summed E-state index contributed by atoms with van der Waals surface area (Å²) >= 11 is 0. The third-order valence-electron chi connectivity index (χ3n) is 6.75. The molecular weight excluding hydrogens is 428 g/mol. The first-order chi connectivity index (χ1) is 15.9. The lowest BCUT2D eigenvalue weighted by molar-refractivity contribution is -0.132. The molecule has 4 rings (SSSR count). The maximum atomic E-state index is 12.9. The summed E-state index contributed by atoms with van der Waals surface area (Å²) in [5.74, 6) is 0.579. The SMILES string of the molecule is CC(C)(C)c1ccc(NC(=O)Nc2cc(C(C)(C)C)nn2C2NC(=O)C3CCCCC3N2)cc1. The van der Waals surface area contributed by atoms with Crippen LogP contribution in [-0.4, -0.2) is 27.8 Å². The van der Waals surface area contributed by atoms with Crippen molar-refractivity contribution in [2.45, 2.75) is 90.4 Å². The quantitative estimate of drug-likeness (QED) is 0.519. The van der Waals surface area contributed by atoms with E-state index in [-0.39, 0.29) is 34.7 Å². The van der Waals surface area contributed by atoms with Crippen LogP contribution in [0.1, 0.15) is 84.8 Å². The van der Waals surface area contributed by atoms with Gasteiger partial charge in [0.05, 0.1) is 11.6 Å². The standard InChI is InChI=1S/C26H38N6O2/c1-25(2,3)16-11-13-17(14-12-16)27-24(34)29-21-15-20(26(4,5)6)31-32(21)23-28-19-10-8-7-9-18(19)22(33)30-23/h11-15,18-19,23,28H,7-10H2,1-6H3,(H,30,33)(H2,27,29,34). The van der Waals surface area contributed by atoms with Gasteiger partial charge in [-0.2, -0.15) is 5.10 Å². The van der Waals surface area contributed by atoms with Crippen LogP contribution in [0.4, 0.5) is 16.3 Å². The van der Waals surface area contributed by atoms with E-state index in [9.17, 15) is 9.59 Å². The molecule has 2 aliphatic rings. The second-order valence-corrected chi connectivity index (χ2v) is 11.6. The van der Waals surface area contributed by atoms with Gasteiger partial charge in [-0.05, 0) is 36.0 Å². The number of fused-ring (bicyclic) bond motifs is 1. The van der Waals surface area contributed by atoms with Gasteiger partial charge in [0.25, 0.3) is 0 Å². The van der Waals surface area contributed by atoms with Crippen molar-refractivity contribution < 1.29 is 9.59 Å². The van der Waals surface area contributed by atoms with Gasteiger partial charge in [0.15, 0.2) is 6.29 Å². The van der Waals surface area contributed by atoms with E-state index in [1.54, 1.807) is 4.68 Å². The molecule has 1 aromatic carbocycles. The number of amides is 3. The Bertz CT molecular complexity index is 1040. The lowest BCUT2D eigenvalue weighted by atomic mass is 9.83. The molecule has 8 nitrogen and oxygen atoms in total. The number of benzene rings is 1. The van der Waals surface area contributed by atoms with Gasteiger partial charge in [0, 0.05) is 23.2 Å². The van der Waals surface area contributed by atoms with Crippen molar-refractivity contribution in [2.24, 2.45) is 5.92 Å². The van der Waals surface area contributed by atoms with Gasteiger partial charge >= 0.3 is 6.03 Å². The molecular formula is C26H38N6O2. The molecule has 4 N–H and O–H groups in total. The molecule has 184 valence electrons. The fourth-order valence-corrected chi connectivity index (χ4v) is 4.65. The van der Waals surface area contributed by atoms with Crippen LogP contribution in [0.3, 0.4) is 0 Å². The third kappa shape index (κ3) is 5.27. The molecule has 3 atom stereocenters. The van der Waals surface area contributed by atoms with Crippen LogP contribution in [0.5, 0.6) is 0 Å². The van der Waals surface area contributed by atoms with E-state index in [1.807, 2.05) is 30.3 Å². The van der Waals surface area contributed by atoms with Crippen molar-refractivity contribution in [3.8, 4) is 0 Å². The van der Waals surface area contributed by atoms with Crippen LogP contribution >= 0.6 is 0 Å². The lowest BCUT2D eigenvalue weighted by Gasteiger charge is -2.40. The summed E-state index contributed by atoms with van der Waals surface area (Å²) in [6.45, 7) is 12.7. The summed E-state index contributed by atoms with van der Waals surface area (Å²) in [4.78, 5) is 25.7. The molecule has 3 unspecified atom stereocenters. The number of hydrogen-bond acceptors (Lipinski definition) is 4. The van der Waals surface area contributed by atoms with Crippen molar-refractivity contribution in [3.05, 3.63) is 41.6 Å². The highest BCUT2D eigenvalue weighted by molar-refractivity contribution is 5.99. The van der Waals surface area contributed by atoms with E-state index in [0.29, 0.717) is 11.5 Å². The zero-order valence-corrected chi connectivity index (χ0v) is 21.2. The van der Waals surface area contributed by atoms with Crippen molar-refractivity contribution in [2.75, 3.05) is 10.6 Å². The summed E-state index contributed by atoms with van der Waals surface area (Å²) in [7, 11) is 0. The topological polar surface area (TPSA) is 100 Å². The van der Waals surface area contributed by atoms with E-state index < -0.39 is 6.29 Å². The van der Waals surface area contributed by atoms with Gasteiger partial charge in [0.1, 0.15) is 5.82 Å². The molecule has 1 aromatic heterocycles. The molecule has 2 fully saturated rings. The zero-order valence-electron chi connectivity index (χ0n) is 21.2. The Balaban J connectivity index is 1.53. The predicted molar refractivity (Wildman–Crippen MR) is 135 cm³/mol. The molecule has 34 heavy (non-hydrogen) atoms. The number of hydrogen-bond donors (Lipinski definition) is 4. The van der Waals surface area contributed by atoms with Gasteiger partial charge in [0.2, 0.25) is 5.91 Å². The average Bonchev–Trinajstić information content (AvgIpc) is 3.17. The van der Waals surface area contributed by atoms with Gasteiger partial charge in [-0.3, -0.25) is 15.4 Å². The summed E-state index contributed by atoms with van der Waals surface area (Å²) in [5, 5.41) is 17.2. The monoisotopic (exact) mass is 466 g/mol. The van der Waals surface area contributed by atoms with Crippen LogP contribution in [0.15, 0.2) is 30.3 Å². The molecule has 2 heterocycles. The second kappa shape index (κ2) is 9.06. The van der Waals surface area contributed by atoms with Crippen LogP contribution in [-0.2, 0) is 15.6 Å². The van der Waals surface area contributed by atoms with Gasteiger partial charge < -0.3 is 10.6 Å². The van der Waals surface area contributed by atoms with Gasteiger partial charge in [-0.15, -0.1) is 0 Å². The maximum Gasteiger partial charge on any atom is 0.324 e. The number of anilines is 2. The predicted octanol–water partition coefficient (Wildman–Crippen LogP) is 4.86. The second-order valence-electron chi connectivity index (χ2n) is 11.6. The number of rotatable bonds is 3. The lowest BCUT2D eigenvalue weighted by Crippen LogP contribution is -2.59. The third-order valence-corrected chi connectivity index (χ3v) is 6.75. The molecule has 1 saturated carbocycles. The minimum Gasteiger partial charge on any atom is -0.322 e. The number of aromatic nitrogens is 2. The Morgan fingerprint density at radius 2 is 1.68 bits per heavy atom. The molecule has 0 radical (unpaired) electrons. The summed E-state index contributed by atoms with van der Waals surface area (Å²) in [6, 6.07) is 9.51. The van der Waals surface area contributed by atoms with Crippen molar-refractivity contribution in [1.82, 2.24) is 20.4 Å². The first-order valence-corrected chi connectivity index (χ1v) is 12.3. The Morgan fingerprint density at radius 1 is 1.00 bits per heavy atom. The molecule has 8 heteroatoms. The molecule has 3 amide bonds. The van der Waals surface area contributed by atoms with Gasteiger partial charge in [-0.25, -0.2) is 9.48 Å². The first-order valence-electron chi connectivity index (χ1n) is 12.3. The van der Waals surface area contributed by atoms with Crippen molar-refractivity contribution >= 4 is 23.4 Å². The average molecular weight is 467 g/mol. The Labute approximate surface area is 202 Å². The van der Waals surface area contributed by atoms with Gasteiger partial charge in [-0.1, -0.05) is 66.5 Å². The minimum atomic E-state index is -0.510. The number of carbonyl (C=O) groups excluding carboxylic acids is 2. The Kier molecular flexibility index (Phi) is 6.46. The smallest absolute Gasteiger partial charge is 0.322 e. The van der Waals surface area contributed by atoms with Crippen LogP contribution in [0, 0.1) is 5.92 Å². The highest BCUT2D eigenvalue weighted by atomic mass is 16.2.